The molecule has 1 unspecified atom stereocenters. The van der Waals surface area contributed by atoms with Gasteiger partial charge in [-0.15, -0.1) is 0 Å². The molecule has 0 fully saturated rings. The lowest BCUT2D eigenvalue weighted by atomic mass is 9.96. The third-order valence-corrected chi connectivity index (χ3v) is 8.30. The molecule has 0 spiro atoms. The van der Waals surface area contributed by atoms with Crippen LogP contribution in [0.15, 0.2) is 106 Å². The molecule has 2 aromatic heterocycles. The molecule has 5 aromatic rings. The molecule has 0 aliphatic carbocycles. The monoisotopic (exact) mass is 577 g/mol. The number of methoxy groups -OCH3 is 1. The van der Waals surface area contributed by atoms with Gasteiger partial charge >= 0.3 is 5.97 Å². The summed E-state index contributed by atoms with van der Waals surface area (Å²) in [5.41, 5.74) is 4.68. The van der Waals surface area contributed by atoms with Crippen LogP contribution < -0.4 is 19.6 Å². The predicted octanol–water partition coefficient (Wildman–Crippen LogP) is 5.20. The van der Waals surface area contributed by atoms with E-state index in [4.69, 9.17) is 14.5 Å². The van der Waals surface area contributed by atoms with Crippen LogP contribution in [0.5, 0.6) is 5.75 Å². The molecule has 0 N–H and O–H groups in total. The van der Waals surface area contributed by atoms with Gasteiger partial charge in [0.25, 0.3) is 5.56 Å². The highest BCUT2D eigenvalue weighted by Crippen LogP contribution is 2.32. The van der Waals surface area contributed by atoms with Crippen LogP contribution in [0.1, 0.15) is 43.5 Å². The second kappa shape index (κ2) is 11.3. The van der Waals surface area contributed by atoms with E-state index >= 15 is 0 Å². The molecular weight excluding hydrogens is 546 g/mol. The molecule has 0 radical (unpaired) electrons. The second-order valence-electron chi connectivity index (χ2n) is 10.5. The van der Waals surface area contributed by atoms with Crippen LogP contribution >= 0.6 is 11.3 Å². The number of para-hydroxylation sites is 1. The first-order valence-corrected chi connectivity index (χ1v) is 14.6. The topological polar surface area (TPSA) is 74.8 Å². The molecular formula is C34H31N3O4S. The maximum absolute atomic E-state index is 14.1. The number of benzene rings is 3. The molecule has 42 heavy (non-hydrogen) atoms. The quantitative estimate of drug-likeness (QED) is 0.249. The fourth-order valence-electron chi connectivity index (χ4n) is 5.40. The number of hydrogen-bond donors (Lipinski definition) is 0. The highest BCUT2D eigenvalue weighted by Gasteiger charge is 2.33. The normalized spacial score (nSPS) is 15.2. The summed E-state index contributed by atoms with van der Waals surface area (Å²) in [6.07, 6.45) is 3.71. The molecule has 1 aliphatic heterocycles. The summed E-state index contributed by atoms with van der Waals surface area (Å²) in [4.78, 5) is 32.8. The van der Waals surface area contributed by atoms with E-state index in [1.165, 1.54) is 16.9 Å². The van der Waals surface area contributed by atoms with Crippen LogP contribution in [0, 0.1) is 0 Å². The summed E-state index contributed by atoms with van der Waals surface area (Å²) in [5.74, 6) is 0.204. The van der Waals surface area contributed by atoms with E-state index in [0.29, 0.717) is 32.9 Å². The van der Waals surface area contributed by atoms with Crippen molar-refractivity contribution in [2.75, 3.05) is 7.11 Å². The SMILES string of the molecule is COc1ccc(C2C(C(=O)OC(C)C)=C(C)N=c3s/c(=C\c4cn(Cc5ccccc5)c5ccccc45)c(=O)n32)cc1. The van der Waals surface area contributed by atoms with Gasteiger partial charge < -0.3 is 14.0 Å². The standard InChI is InChI=1S/C34H31N3O4S/c1-21(2)41-33(39)30-22(3)35-34-37(31(30)24-14-16-26(40-4)17-15-24)32(38)29(42-34)18-25-20-36(19-23-10-6-5-7-11-23)28-13-9-8-12-27(25)28/h5-18,20-21,31H,19H2,1-4H3/b29-18-. The maximum Gasteiger partial charge on any atom is 0.338 e. The Morgan fingerprint density at radius 1 is 1.02 bits per heavy atom. The number of carbonyl (C=O) groups is 1. The number of nitrogens with zero attached hydrogens (tertiary/aromatic N) is 3. The summed E-state index contributed by atoms with van der Waals surface area (Å²) in [6.45, 7) is 6.12. The van der Waals surface area contributed by atoms with Crippen molar-refractivity contribution < 1.29 is 14.3 Å². The molecule has 0 saturated heterocycles. The fourth-order valence-corrected chi connectivity index (χ4v) is 6.44. The summed E-state index contributed by atoms with van der Waals surface area (Å²) < 4.78 is 15.3. The average Bonchev–Trinajstić information content (AvgIpc) is 3.48. The van der Waals surface area contributed by atoms with Gasteiger partial charge in [0.15, 0.2) is 4.80 Å². The summed E-state index contributed by atoms with van der Waals surface area (Å²) in [7, 11) is 1.60. The minimum atomic E-state index is -0.681. The molecule has 6 rings (SSSR count). The van der Waals surface area contributed by atoms with Crippen molar-refractivity contribution in [2.45, 2.75) is 39.5 Å². The Morgan fingerprint density at radius 3 is 2.45 bits per heavy atom. The van der Waals surface area contributed by atoms with E-state index in [0.717, 1.165) is 22.0 Å². The second-order valence-corrected chi connectivity index (χ2v) is 11.5. The Morgan fingerprint density at radius 2 is 1.74 bits per heavy atom. The lowest BCUT2D eigenvalue weighted by Crippen LogP contribution is -2.40. The number of allylic oxidation sites excluding steroid dienone is 1. The van der Waals surface area contributed by atoms with Crippen molar-refractivity contribution in [1.82, 2.24) is 9.13 Å². The number of carbonyl (C=O) groups excluding carboxylic acids is 1. The van der Waals surface area contributed by atoms with E-state index in [1.807, 2.05) is 60.7 Å². The number of fused-ring (bicyclic) bond motifs is 2. The van der Waals surface area contributed by atoms with Crippen molar-refractivity contribution >= 4 is 34.3 Å². The lowest BCUT2D eigenvalue weighted by Gasteiger charge is -2.25. The molecule has 3 aromatic carbocycles. The molecule has 1 atom stereocenters. The van der Waals surface area contributed by atoms with Gasteiger partial charge in [-0.25, -0.2) is 9.79 Å². The van der Waals surface area contributed by atoms with Crippen molar-refractivity contribution in [3.8, 4) is 5.75 Å². The van der Waals surface area contributed by atoms with Gasteiger partial charge in [-0.2, -0.15) is 0 Å². The van der Waals surface area contributed by atoms with E-state index in [-0.39, 0.29) is 11.7 Å². The first-order chi connectivity index (χ1) is 20.3. The fraction of sp³-hybridized carbons (Fsp3) is 0.206. The maximum atomic E-state index is 14.1. The number of ether oxygens (including phenoxy) is 2. The highest BCUT2D eigenvalue weighted by atomic mass is 32.1. The van der Waals surface area contributed by atoms with Gasteiger partial charge in [0.05, 0.1) is 35.1 Å². The number of hydrogen-bond acceptors (Lipinski definition) is 6. The van der Waals surface area contributed by atoms with E-state index < -0.39 is 12.0 Å². The Kier molecular flexibility index (Phi) is 7.39. The zero-order valence-corrected chi connectivity index (χ0v) is 24.7. The molecule has 0 amide bonds. The van der Waals surface area contributed by atoms with Gasteiger partial charge in [-0.05, 0) is 56.2 Å². The Bertz CT molecular complexity index is 2000. The summed E-state index contributed by atoms with van der Waals surface area (Å²) in [5, 5.41) is 1.06. The van der Waals surface area contributed by atoms with Crippen LogP contribution in [0.3, 0.4) is 0 Å². The Labute approximate surface area is 247 Å². The molecule has 1 aliphatic rings. The third-order valence-electron chi connectivity index (χ3n) is 7.32. The molecule has 212 valence electrons. The molecule has 7 nitrogen and oxygen atoms in total. The third kappa shape index (κ3) is 5.10. The minimum Gasteiger partial charge on any atom is -0.497 e. The molecule has 0 saturated carbocycles. The summed E-state index contributed by atoms with van der Waals surface area (Å²) in [6, 6.07) is 25.2. The summed E-state index contributed by atoms with van der Waals surface area (Å²) >= 11 is 1.32. The van der Waals surface area contributed by atoms with Crippen LogP contribution in [0.4, 0.5) is 0 Å². The average molecular weight is 578 g/mol. The van der Waals surface area contributed by atoms with Crippen LogP contribution in [-0.4, -0.2) is 28.3 Å². The van der Waals surface area contributed by atoms with Gasteiger partial charge in [-0.1, -0.05) is 72.0 Å². The Hall–Kier alpha value is -4.69. The first kappa shape index (κ1) is 27.5. The molecule has 3 heterocycles. The van der Waals surface area contributed by atoms with Crippen LogP contribution in [-0.2, 0) is 16.1 Å². The van der Waals surface area contributed by atoms with E-state index in [2.05, 4.69) is 35.0 Å². The van der Waals surface area contributed by atoms with Gasteiger partial charge in [0, 0.05) is 29.2 Å². The van der Waals surface area contributed by atoms with Crippen molar-refractivity contribution in [1.29, 1.82) is 0 Å². The number of esters is 1. The molecule has 8 heteroatoms. The number of thiazole rings is 1. The van der Waals surface area contributed by atoms with Crippen LogP contribution in [0.2, 0.25) is 0 Å². The van der Waals surface area contributed by atoms with Gasteiger partial charge in [-0.3, -0.25) is 9.36 Å². The first-order valence-electron chi connectivity index (χ1n) is 13.8. The van der Waals surface area contributed by atoms with Crippen molar-refractivity contribution in [3.05, 3.63) is 133 Å². The smallest absolute Gasteiger partial charge is 0.338 e. The van der Waals surface area contributed by atoms with Crippen molar-refractivity contribution in [2.24, 2.45) is 4.99 Å². The van der Waals surface area contributed by atoms with E-state index in [1.54, 1.807) is 32.4 Å². The zero-order chi connectivity index (χ0) is 29.4. The largest absolute Gasteiger partial charge is 0.497 e. The van der Waals surface area contributed by atoms with Gasteiger partial charge in [0.2, 0.25) is 0 Å². The predicted molar refractivity (Wildman–Crippen MR) is 165 cm³/mol. The van der Waals surface area contributed by atoms with Crippen LogP contribution in [0.25, 0.3) is 17.0 Å². The zero-order valence-electron chi connectivity index (χ0n) is 23.9. The van der Waals surface area contributed by atoms with E-state index in [9.17, 15) is 9.59 Å². The molecule has 0 bridgehead atoms. The highest BCUT2D eigenvalue weighted by molar-refractivity contribution is 7.07. The minimum absolute atomic E-state index is 0.207. The van der Waals surface area contributed by atoms with Crippen molar-refractivity contribution in [3.63, 3.8) is 0 Å². The Balaban J connectivity index is 1.51. The number of rotatable bonds is 7. The number of aromatic nitrogens is 2. The lowest BCUT2D eigenvalue weighted by molar-refractivity contribution is -0.143. The van der Waals surface area contributed by atoms with Gasteiger partial charge in [0.1, 0.15) is 5.75 Å².